The van der Waals surface area contributed by atoms with Crippen molar-refractivity contribution in [1.82, 2.24) is 9.80 Å². The normalized spacial score (nSPS) is 17.9. The van der Waals surface area contributed by atoms with E-state index in [1.165, 1.54) is 11.9 Å². The SMILES string of the molecule is CN(C(=O)OCC1c2ccccc2-c2ccccc21)[C@@H](CCN1CC(F)(F)C1)C(=O)O. The Labute approximate surface area is 179 Å². The number of carboxylic acids is 1. The standard InChI is InChI=1S/C23H24F2N2O4/c1-26(20(21(28)29)10-11-27-13-23(24,25)14-27)22(30)31-12-19-17-8-4-2-6-15(17)16-7-3-5-9-18(16)19/h2-9,19-20H,10-14H2,1H3,(H,28,29)/t20-/m0/s1. The highest BCUT2D eigenvalue weighted by molar-refractivity contribution is 5.81. The number of hydrogen-bond acceptors (Lipinski definition) is 4. The monoisotopic (exact) mass is 430 g/mol. The second kappa shape index (κ2) is 8.26. The van der Waals surface area contributed by atoms with Crippen LogP contribution >= 0.6 is 0 Å². The van der Waals surface area contributed by atoms with Crippen LogP contribution in [0.2, 0.25) is 0 Å². The molecule has 2 aromatic carbocycles. The van der Waals surface area contributed by atoms with Gasteiger partial charge in [-0.1, -0.05) is 48.5 Å². The average molecular weight is 430 g/mol. The number of likely N-dealkylation sites (tertiary alicyclic amines) is 1. The number of benzene rings is 2. The molecule has 0 aromatic heterocycles. The summed E-state index contributed by atoms with van der Waals surface area (Å²) in [6.45, 7) is -0.503. The van der Waals surface area contributed by atoms with Crippen LogP contribution in [0.3, 0.4) is 0 Å². The second-order valence-electron chi connectivity index (χ2n) is 8.12. The summed E-state index contributed by atoms with van der Waals surface area (Å²) in [5.41, 5.74) is 4.32. The second-order valence-corrected chi connectivity index (χ2v) is 8.12. The molecule has 1 aliphatic heterocycles. The molecule has 1 heterocycles. The number of carboxylic acid groups (broad SMARTS) is 1. The predicted octanol–water partition coefficient (Wildman–Crippen LogP) is 3.66. The van der Waals surface area contributed by atoms with Gasteiger partial charge in [0.15, 0.2) is 0 Å². The van der Waals surface area contributed by atoms with Gasteiger partial charge in [-0.2, -0.15) is 0 Å². The summed E-state index contributed by atoms with van der Waals surface area (Å²) in [7, 11) is 1.36. The summed E-state index contributed by atoms with van der Waals surface area (Å²) in [6.07, 6.45) is -0.699. The van der Waals surface area contributed by atoms with Crippen molar-refractivity contribution in [2.45, 2.75) is 24.3 Å². The smallest absolute Gasteiger partial charge is 0.410 e. The summed E-state index contributed by atoms with van der Waals surface area (Å²) in [5, 5.41) is 9.52. The van der Waals surface area contributed by atoms with Gasteiger partial charge in [-0.15, -0.1) is 0 Å². The summed E-state index contributed by atoms with van der Waals surface area (Å²) >= 11 is 0. The number of rotatable bonds is 7. The van der Waals surface area contributed by atoms with Gasteiger partial charge >= 0.3 is 12.1 Å². The van der Waals surface area contributed by atoms with E-state index < -0.39 is 24.0 Å². The maximum Gasteiger partial charge on any atom is 0.410 e. The first-order valence-corrected chi connectivity index (χ1v) is 10.2. The van der Waals surface area contributed by atoms with E-state index in [9.17, 15) is 23.5 Å². The van der Waals surface area contributed by atoms with E-state index in [2.05, 4.69) is 0 Å². The molecule has 164 valence electrons. The maximum atomic E-state index is 13.0. The van der Waals surface area contributed by atoms with Crippen molar-refractivity contribution in [1.29, 1.82) is 0 Å². The molecule has 0 unspecified atom stereocenters. The molecule has 1 atom stereocenters. The lowest BCUT2D eigenvalue weighted by atomic mass is 9.98. The first kappa shape index (κ1) is 21.2. The molecular weight excluding hydrogens is 406 g/mol. The highest BCUT2D eigenvalue weighted by atomic mass is 19.3. The number of aliphatic carboxylic acids is 1. The molecular formula is C23H24F2N2O4. The van der Waals surface area contributed by atoms with Crippen molar-refractivity contribution in [3.63, 3.8) is 0 Å². The lowest BCUT2D eigenvalue weighted by molar-refractivity contribution is -0.145. The minimum absolute atomic E-state index is 0.0477. The molecule has 0 radical (unpaired) electrons. The van der Waals surface area contributed by atoms with E-state index >= 15 is 0 Å². The molecule has 1 N–H and O–H groups in total. The number of carbonyl (C=O) groups excluding carboxylic acids is 1. The van der Waals surface area contributed by atoms with Crippen molar-refractivity contribution in [3.8, 4) is 11.1 Å². The Kier molecular flexibility index (Phi) is 5.66. The summed E-state index contributed by atoms with van der Waals surface area (Å²) in [4.78, 5) is 26.8. The lowest BCUT2D eigenvalue weighted by Gasteiger charge is -2.39. The Morgan fingerprint density at radius 2 is 1.68 bits per heavy atom. The van der Waals surface area contributed by atoms with Gasteiger partial charge in [-0.3, -0.25) is 9.80 Å². The Hall–Kier alpha value is -3.00. The average Bonchev–Trinajstić information content (AvgIpc) is 3.04. The highest BCUT2D eigenvalue weighted by Gasteiger charge is 2.44. The fourth-order valence-corrected chi connectivity index (χ4v) is 4.38. The third kappa shape index (κ3) is 4.25. The zero-order valence-electron chi connectivity index (χ0n) is 17.1. The van der Waals surface area contributed by atoms with Crippen molar-refractivity contribution in [2.24, 2.45) is 0 Å². The van der Waals surface area contributed by atoms with Crippen LogP contribution in [-0.2, 0) is 9.53 Å². The topological polar surface area (TPSA) is 70.1 Å². The first-order valence-electron chi connectivity index (χ1n) is 10.2. The third-order valence-corrected chi connectivity index (χ3v) is 6.01. The Bertz CT molecular complexity index is 944. The van der Waals surface area contributed by atoms with Crippen molar-refractivity contribution < 1.29 is 28.2 Å². The molecule has 6 nitrogen and oxygen atoms in total. The molecule has 8 heteroatoms. The molecule has 1 saturated heterocycles. The number of hydrogen-bond donors (Lipinski definition) is 1. The van der Waals surface area contributed by atoms with E-state index in [0.717, 1.165) is 27.2 Å². The van der Waals surface area contributed by atoms with Crippen LogP contribution < -0.4 is 0 Å². The molecule has 2 aliphatic rings. The van der Waals surface area contributed by atoms with Crippen LogP contribution in [0.15, 0.2) is 48.5 Å². The van der Waals surface area contributed by atoms with Crippen LogP contribution in [0.4, 0.5) is 13.6 Å². The minimum atomic E-state index is -2.71. The fourth-order valence-electron chi connectivity index (χ4n) is 4.38. The Balaban J connectivity index is 1.39. The molecule has 1 aliphatic carbocycles. The lowest BCUT2D eigenvalue weighted by Crippen LogP contribution is -2.57. The molecule has 4 rings (SSSR count). The van der Waals surface area contributed by atoms with Crippen LogP contribution in [0.1, 0.15) is 23.5 Å². The van der Waals surface area contributed by atoms with Crippen molar-refractivity contribution in [2.75, 3.05) is 33.3 Å². The fraction of sp³-hybridized carbons (Fsp3) is 0.391. The van der Waals surface area contributed by atoms with Gasteiger partial charge in [-0.05, 0) is 28.7 Å². The van der Waals surface area contributed by atoms with E-state index in [-0.39, 0.29) is 38.6 Å². The van der Waals surface area contributed by atoms with Gasteiger partial charge in [0.1, 0.15) is 12.6 Å². The zero-order valence-corrected chi connectivity index (χ0v) is 17.1. The molecule has 0 saturated carbocycles. The molecule has 0 spiro atoms. The number of carbonyl (C=O) groups is 2. The van der Waals surface area contributed by atoms with E-state index in [1.54, 1.807) is 0 Å². The van der Waals surface area contributed by atoms with E-state index in [4.69, 9.17) is 4.74 Å². The predicted molar refractivity (Wildman–Crippen MR) is 110 cm³/mol. The number of halogens is 2. The minimum Gasteiger partial charge on any atom is -0.480 e. The number of nitrogens with zero attached hydrogens (tertiary/aromatic N) is 2. The van der Waals surface area contributed by atoms with Gasteiger partial charge in [0.2, 0.25) is 0 Å². The summed E-state index contributed by atoms with van der Waals surface area (Å²) in [5.74, 6) is -4.03. The van der Waals surface area contributed by atoms with Crippen LogP contribution in [0.25, 0.3) is 11.1 Å². The largest absolute Gasteiger partial charge is 0.480 e. The molecule has 0 bridgehead atoms. The Morgan fingerprint density at radius 1 is 1.13 bits per heavy atom. The molecule has 2 aromatic rings. The highest BCUT2D eigenvalue weighted by Crippen LogP contribution is 2.44. The Morgan fingerprint density at radius 3 is 2.19 bits per heavy atom. The number of alkyl halides is 2. The quantitative estimate of drug-likeness (QED) is 0.726. The van der Waals surface area contributed by atoms with Gasteiger partial charge in [0, 0.05) is 19.5 Å². The van der Waals surface area contributed by atoms with Crippen molar-refractivity contribution >= 4 is 12.1 Å². The third-order valence-electron chi connectivity index (χ3n) is 6.01. The van der Waals surface area contributed by atoms with Gasteiger partial charge in [0.25, 0.3) is 5.92 Å². The molecule has 1 amide bonds. The van der Waals surface area contributed by atoms with Crippen molar-refractivity contribution in [3.05, 3.63) is 59.7 Å². The number of likely N-dealkylation sites (N-methyl/N-ethyl adjacent to an activating group) is 1. The van der Waals surface area contributed by atoms with Crippen LogP contribution in [0.5, 0.6) is 0 Å². The molecule has 1 fully saturated rings. The first-order chi connectivity index (χ1) is 14.8. The van der Waals surface area contributed by atoms with E-state index in [1.807, 2.05) is 48.5 Å². The van der Waals surface area contributed by atoms with Gasteiger partial charge in [-0.25, -0.2) is 18.4 Å². The molecule has 31 heavy (non-hydrogen) atoms. The van der Waals surface area contributed by atoms with E-state index in [0.29, 0.717) is 0 Å². The summed E-state index contributed by atoms with van der Waals surface area (Å²) in [6, 6.07) is 14.7. The number of amides is 1. The van der Waals surface area contributed by atoms with Crippen LogP contribution in [-0.4, -0.2) is 72.2 Å². The number of ether oxygens (including phenoxy) is 1. The summed E-state index contributed by atoms with van der Waals surface area (Å²) < 4.78 is 31.5. The zero-order chi connectivity index (χ0) is 22.2. The maximum absolute atomic E-state index is 13.0. The van der Waals surface area contributed by atoms with Gasteiger partial charge in [0.05, 0.1) is 13.1 Å². The van der Waals surface area contributed by atoms with Crippen LogP contribution in [0, 0.1) is 0 Å². The van der Waals surface area contributed by atoms with Gasteiger partial charge < -0.3 is 9.84 Å². The number of fused-ring (bicyclic) bond motifs is 3.